The normalized spacial score (nSPS) is 23.2. The maximum absolute atomic E-state index is 12.4. The van der Waals surface area contributed by atoms with Gasteiger partial charge in [0.05, 0.1) is 31.7 Å². The summed E-state index contributed by atoms with van der Waals surface area (Å²) in [6, 6.07) is 8.84. The number of nitrogens with one attached hydrogen (secondary N) is 2. The molecule has 3 heterocycles. The van der Waals surface area contributed by atoms with Crippen molar-refractivity contribution in [3.63, 3.8) is 0 Å². The van der Waals surface area contributed by atoms with Crippen molar-refractivity contribution in [1.82, 2.24) is 19.5 Å². The van der Waals surface area contributed by atoms with E-state index in [4.69, 9.17) is 4.74 Å². The standard InChI is InChI=1S/C18H21N5O5/c24-7-11(10-4-2-1-3-5-10)20-18-21-16-15(17(27)22-18)19-9-23(16)14-6-12(26)13(8-25)28-14/h1-5,9,11-14,24-26H,6-8H2,(H2,20,21,22,27)/t11?,12-,13+,14+/m0/s1. The van der Waals surface area contributed by atoms with Crippen molar-refractivity contribution in [1.29, 1.82) is 0 Å². The van der Waals surface area contributed by atoms with Gasteiger partial charge in [-0.2, -0.15) is 4.98 Å². The van der Waals surface area contributed by atoms with Gasteiger partial charge in [0, 0.05) is 6.42 Å². The number of rotatable bonds is 6. The van der Waals surface area contributed by atoms with Crippen molar-refractivity contribution in [3.8, 4) is 0 Å². The molecule has 2 aromatic heterocycles. The highest BCUT2D eigenvalue weighted by Gasteiger charge is 2.35. The van der Waals surface area contributed by atoms with Crippen molar-refractivity contribution in [3.05, 3.63) is 52.6 Å². The second-order valence-electron chi connectivity index (χ2n) is 6.64. The van der Waals surface area contributed by atoms with Crippen LogP contribution in [-0.4, -0.2) is 60.3 Å². The van der Waals surface area contributed by atoms with Crippen LogP contribution in [0.5, 0.6) is 0 Å². The minimum atomic E-state index is -0.816. The van der Waals surface area contributed by atoms with Crippen LogP contribution < -0.4 is 10.9 Å². The molecular weight excluding hydrogens is 366 g/mol. The number of H-pyrrole nitrogens is 1. The molecular formula is C18H21N5O5. The van der Waals surface area contributed by atoms with E-state index in [0.717, 1.165) is 5.56 Å². The minimum Gasteiger partial charge on any atom is -0.394 e. The first-order valence-electron chi connectivity index (χ1n) is 8.94. The molecule has 0 saturated carbocycles. The fourth-order valence-electron chi connectivity index (χ4n) is 3.34. The van der Waals surface area contributed by atoms with E-state index in [9.17, 15) is 20.1 Å². The van der Waals surface area contributed by atoms with Crippen LogP contribution in [0.3, 0.4) is 0 Å². The van der Waals surface area contributed by atoms with E-state index in [-0.39, 0.29) is 36.7 Å². The summed E-state index contributed by atoms with van der Waals surface area (Å²) in [6.45, 7) is -0.499. The third-order valence-corrected chi connectivity index (χ3v) is 4.82. The number of hydrogen-bond acceptors (Lipinski definition) is 8. The maximum atomic E-state index is 12.4. The van der Waals surface area contributed by atoms with Crippen LogP contribution in [0, 0.1) is 0 Å². The van der Waals surface area contributed by atoms with E-state index in [1.807, 2.05) is 30.3 Å². The molecule has 1 saturated heterocycles. The Balaban J connectivity index is 1.67. The molecule has 4 rings (SSSR count). The molecule has 0 amide bonds. The Morgan fingerprint density at radius 1 is 1.32 bits per heavy atom. The molecule has 1 aliphatic rings. The molecule has 1 aromatic carbocycles. The van der Waals surface area contributed by atoms with Crippen molar-refractivity contribution in [2.45, 2.75) is 30.9 Å². The lowest BCUT2D eigenvalue weighted by Crippen LogP contribution is -2.24. The number of aliphatic hydroxyl groups is 3. The summed E-state index contributed by atoms with van der Waals surface area (Å²) in [6.07, 6.45) is -0.434. The first kappa shape index (κ1) is 18.6. The number of hydrogen-bond donors (Lipinski definition) is 5. The second-order valence-corrected chi connectivity index (χ2v) is 6.64. The van der Waals surface area contributed by atoms with E-state index >= 15 is 0 Å². The predicted molar refractivity (Wildman–Crippen MR) is 99.7 cm³/mol. The number of anilines is 1. The number of fused-ring (bicyclic) bond motifs is 1. The van der Waals surface area contributed by atoms with Crippen molar-refractivity contribution < 1.29 is 20.1 Å². The molecule has 0 radical (unpaired) electrons. The lowest BCUT2D eigenvalue weighted by atomic mass is 10.1. The van der Waals surface area contributed by atoms with Gasteiger partial charge in [0.15, 0.2) is 11.2 Å². The van der Waals surface area contributed by atoms with Gasteiger partial charge < -0.3 is 25.4 Å². The second kappa shape index (κ2) is 7.68. The molecule has 148 valence electrons. The highest BCUT2D eigenvalue weighted by molar-refractivity contribution is 5.71. The summed E-state index contributed by atoms with van der Waals surface area (Å²) in [5.74, 6) is 0.180. The van der Waals surface area contributed by atoms with Crippen molar-refractivity contribution in [2.75, 3.05) is 18.5 Å². The van der Waals surface area contributed by atoms with Gasteiger partial charge in [-0.25, -0.2) is 4.98 Å². The first-order chi connectivity index (χ1) is 13.6. The fraction of sp³-hybridized carbons (Fsp3) is 0.389. The molecule has 1 unspecified atom stereocenters. The van der Waals surface area contributed by atoms with Gasteiger partial charge in [-0.05, 0) is 5.56 Å². The summed E-state index contributed by atoms with van der Waals surface area (Å²) >= 11 is 0. The third kappa shape index (κ3) is 3.38. The Hall–Kier alpha value is -2.79. The van der Waals surface area contributed by atoms with E-state index in [1.165, 1.54) is 6.33 Å². The van der Waals surface area contributed by atoms with Crippen LogP contribution in [-0.2, 0) is 4.74 Å². The average Bonchev–Trinajstić information content (AvgIpc) is 3.30. The van der Waals surface area contributed by atoms with Crippen LogP contribution in [0.25, 0.3) is 11.2 Å². The fourth-order valence-corrected chi connectivity index (χ4v) is 3.34. The Kier molecular flexibility index (Phi) is 5.09. The molecule has 0 aliphatic carbocycles. The number of aromatic amines is 1. The highest BCUT2D eigenvalue weighted by atomic mass is 16.5. The quantitative estimate of drug-likeness (QED) is 0.394. The number of nitrogens with zero attached hydrogens (tertiary/aromatic N) is 3. The summed E-state index contributed by atoms with van der Waals surface area (Å²) in [7, 11) is 0. The number of aromatic nitrogens is 4. The van der Waals surface area contributed by atoms with Crippen LogP contribution in [0.15, 0.2) is 41.5 Å². The molecule has 0 bridgehead atoms. The van der Waals surface area contributed by atoms with E-state index in [0.29, 0.717) is 0 Å². The van der Waals surface area contributed by atoms with Crippen LogP contribution >= 0.6 is 0 Å². The number of aliphatic hydroxyl groups excluding tert-OH is 3. The lowest BCUT2D eigenvalue weighted by Gasteiger charge is -2.17. The van der Waals surface area contributed by atoms with Crippen molar-refractivity contribution >= 4 is 17.1 Å². The van der Waals surface area contributed by atoms with Gasteiger partial charge in [-0.3, -0.25) is 14.3 Å². The summed E-state index contributed by atoms with van der Waals surface area (Å²) < 4.78 is 7.20. The smallest absolute Gasteiger partial charge is 0.280 e. The Bertz CT molecular complexity index is 1000. The Morgan fingerprint density at radius 3 is 2.79 bits per heavy atom. The van der Waals surface area contributed by atoms with Gasteiger partial charge >= 0.3 is 0 Å². The Morgan fingerprint density at radius 2 is 2.11 bits per heavy atom. The van der Waals surface area contributed by atoms with Gasteiger partial charge in [0.1, 0.15) is 12.3 Å². The molecule has 10 nitrogen and oxygen atoms in total. The zero-order valence-electron chi connectivity index (χ0n) is 14.9. The van der Waals surface area contributed by atoms with E-state index < -0.39 is 30.0 Å². The largest absolute Gasteiger partial charge is 0.394 e. The molecule has 0 spiro atoms. The minimum absolute atomic E-state index is 0.136. The van der Waals surface area contributed by atoms with Gasteiger partial charge in [-0.1, -0.05) is 30.3 Å². The Labute approximate surface area is 159 Å². The van der Waals surface area contributed by atoms with Gasteiger partial charge in [0.25, 0.3) is 5.56 Å². The number of ether oxygens (including phenoxy) is 1. The molecule has 4 atom stereocenters. The third-order valence-electron chi connectivity index (χ3n) is 4.82. The van der Waals surface area contributed by atoms with Crippen LogP contribution in [0.4, 0.5) is 5.95 Å². The summed E-state index contributed by atoms with van der Waals surface area (Å²) in [5, 5.41) is 32.0. The first-order valence-corrected chi connectivity index (χ1v) is 8.94. The van der Waals surface area contributed by atoms with E-state index in [2.05, 4.69) is 20.3 Å². The van der Waals surface area contributed by atoms with Gasteiger partial charge in [0.2, 0.25) is 5.95 Å². The molecule has 1 fully saturated rings. The zero-order valence-corrected chi connectivity index (χ0v) is 14.9. The molecule has 3 aromatic rings. The van der Waals surface area contributed by atoms with Gasteiger partial charge in [-0.15, -0.1) is 0 Å². The number of imidazole rings is 1. The average molecular weight is 387 g/mol. The zero-order chi connectivity index (χ0) is 19.7. The predicted octanol–water partition coefficient (Wildman–Crippen LogP) is -0.0942. The summed E-state index contributed by atoms with van der Waals surface area (Å²) in [4.78, 5) is 23.6. The van der Waals surface area contributed by atoms with Crippen LogP contribution in [0.2, 0.25) is 0 Å². The maximum Gasteiger partial charge on any atom is 0.280 e. The SMILES string of the molecule is O=c1[nH]c(NC(CO)c2ccccc2)nc2c1ncn2[C@H]1C[C@H](O)[C@@H](CO)O1. The van der Waals surface area contributed by atoms with Crippen LogP contribution in [0.1, 0.15) is 24.3 Å². The summed E-state index contributed by atoms with van der Waals surface area (Å²) in [5.41, 5.74) is 0.825. The molecule has 1 aliphatic heterocycles. The lowest BCUT2D eigenvalue weighted by molar-refractivity contribution is -0.0432. The molecule has 10 heteroatoms. The monoisotopic (exact) mass is 387 g/mol. The topological polar surface area (TPSA) is 146 Å². The highest BCUT2D eigenvalue weighted by Crippen LogP contribution is 2.30. The molecule has 28 heavy (non-hydrogen) atoms. The number of benzene rings is 1. The van der Waals surface area contributed by atoms with E-state index in [1.54, 1.807) is 4.57 Å². The van der Waals surface area contributed by atoms with Crippen molar-refractivity contribution in [2.24, 2.45) is 0 Å². The molecule has 5 N–H and O–H groups in total.